The van der Waals surface area contributed by atoms with Gasteiger partial charge in [0.1, 0.15) is 67.1 Å². The summed E-state index contributed by atoms with van der Waals surface area (Å²) in [6.07, 6.45) is -12.1. The highest BCUT2D eigenvalue weighted by molar-refractivity contribution is 5.74. The summed E-state index contributed by atoms with van der Waals surface area (Å²) < 4.78 is 98.6. The molecule has 0 spiro atoms. The Hall–Kier alpha value is -2.05. The maximum atomic E-state index is 13.8. The first kappa shape index (κ1) is 58.2. The molecule has 0 aromatic heterocycles. The van der Waals surface area contributed by atoms with Gasteiger partial charge in [-0.15, -0.1) is 0 Å². The van der Waals surface area contributed by atoms with E-state index in [0.29, 0.717) is 25.9 Å². The molecule has 7 saturated heterocycles. The van der Waals surface area contributed by atoms with Crippen LogP contribution < -0.4 is 0 Å². The standard InChI is InChI=1S/C54H84O23/c1-23-45(74-38-18-33(62-7)46(24(2)68-38)75-39-19-34(63-8)47(25(3)69-39)77-51-43(59)42(58)41(57)35(20-55)73-51)32(56)17-37(67-23)76-48-26(4)70-52(44(60)49(48)64-9)71-29-14-15-53(5)28(16-29)11-12-30-31(53)13-10-27-21-65-54(6)40(27)36(22-66-54)72-50(30)61/h11,21,23-26,29-49,51-52,55-60H,10,12-20,22H2,1-9H3/t23-,24-,25+,26-,29+,30-,31+,32+,33+,34+,35-,36-,37+,38+,39+,40-,41-,42+,43-,44-,45-,46-,47-,48-,49-,51+,52+,53+,54+/m1/s1. The Bertz CT molecular complexity index is 2070. The molecular weight excluding hydrogens is 1020 g/mol. The van der Waals surface area contributed by atoms with Crippen LogP contribution in [-0.4, -0.2) is 224 Å². The van der Waals surface area contributed by atoms with Gasteiger partial charge in [-0.25, -0.2) is 0 Å². The second kappa shape index (κ2) is 23.7. The van der Waals surface area contributed by atoms with Gasteiger partial charge >= 0.3 is 5.97 Å². The predicted molar refractivity (Wildman–Crippen MR) is 261 cm³/mol. The van der Waals surface area contributed by atoms with Crippen LogP contribution >= 0.6 is 0 Å². The van der Waals surface area contributed by atoms with Crippen LogP contribution in [0.15, 0.2) is 23.5 Å². The summed E-state index contributed by atoms with van der Waals surface area (Å²) in [5, 5.41) is 64.1. The number of allylic oxidation sites excluding steroid dienone is 1. The molecule has 0 aromatic carbocycles. The highest BCUT2D eigenvalue weighted by atomic mass is 16.8. The van der Waals surface area contributed by atoms with Crippen LogP contribution in [-0.2, 0) is 80.6 Å². The van der Waals surface area contributed by atoms with Crippen molar-refractivity contribution in [1.29, 1.82) is 0 Å². The van der Waals surface area contributed by atoms with Gasteiger partial charge in [0.2, 0.25) is 5.79 Å². The molecule has 10 aliphatic rings. The first-order chi connectivity index (χ1) is 36.8. The number of hydrogen-bond donors (Lipinski definition) is 6. The Kier molecular flexibility index (Phi) is 17.9. The number of aliphatic hydroxyl groups is 6. The van der Waals surface area contributed by atoms with E-state index in [0.717, 1.165) is 24.8 Å². The third-order valence-electron chi connectivity index (χ3n) is 18.6. The zero-order valence-corrected chi connectivity index (χ0v) is 45.6. The summed E-state index contributed by atoms with van der Waals surface area (Å²) in [7, 11) is 4.56. The smallest absolute Gasteiger partial charge is 0.309 e. The second-order valence-corrected chi connectivity index (χ2v) is 23.4. The lowest BCUT2D eigenvalue weighted by Gasteiger charge is -2.51. The van der Waals surface area contributed by atoms with Gasteiger partial charge in [0.15, 0.2) is 31.5 Å². The molecule has 2 aliphatic carbocycles. The van der Waals surface area contributed by atoms with E-state index < -0.39 is 148 Å². The van der Waals surface area contributed by atoms with Crippen LogP contribution in [0.1, 0.15) is 99.3 Å². The van der Waals surface area contributed by atoms with Crippen LogP contribution in [0, 0.1) is 23.2 Å². The third-order valence-corrected chi connectivity index (χ3v) is 18.6. The lowest BCUT2D eigenvalue weighted by molar-refractivity contribution is -0.361. The van der Waals surface area contributed by atoms with Crippen molar-refractivity contribution < 1.29 is 111 Å². The molecule has 0 amide bonds. The quantitative estimate of drug-likeness (QED) is 0.106. The number of esters is 1. The zero-order valence-electron chi connectivity index (χ0n) is 45.6. The van der Waals surface area contributed by atoms with Gasteiger partial charge in [-0.1, -0.05) is 18.6 Å². The Labute approximate surface area is 449 Å². The number of fused-ring (bicyclic) bond motifs is 3. The largest absolute Gasteiger partial charge is 0.469 e. The fourth-order valence-corrected chi connectivity index (χ4v) is 14.3. The van der Waals surface area contributed by atoms with Crippen LogP contribution in [0.25, 0.3) is 0 Å². The van der Waals surface area contributed by atoms with Crippen molar-refractivity contribution in [1.82, 2.24) is 0 Å². The molecule has 8 aliphatic heterocycles. The average Bonchev–Trinajstić information content (AvgIpc) is 3.95. The number of carbonyl (C=O) groups excluding carboxylic acids is 1. The summed E-state index contributed by atoms with van der Waals surface area (Å²) in [4.78, 5) is 13.8. The molecule has 10 rings (SSSR count). The van der Waals surface area contributed by atoms with Gasteiger partial charge in [-0.2, -0.15) is 0 Å². The predicted octanol–water partition coefficient (Wildman–Crippen LogP) is 1.36. The van der Waals surface area contributed by atoms with Crippen LogP contribution in [0.4, 0.5) is 0 Å². The molecule has 23 heteroatoms. The van der Waals surface area contributed by atoms with Gasteiger partial charge in [0, 0.05) is 47.5 Å². The molecule has 1 saturated carbocycles. The number of hydrogen-bond acceptors (Lipinski definition) is 23. The highest BCUT2D eigenvalue weighted by Crippen LogP contribution is 2.57. The van der Waals surface area contributed by atoms with Gasteiger partial charge in [-0.3, -0.25) is 4.79 Å². The Morgan fingerprint density at radius 3 is 1.92 bits per heavy atom. The van der Waals surface area contributed by atoms with Crippen LogP contribution in [0.2, 0.25) is 0 Å². The van der Waals surface area contributed by atoms with E-state index in [1.54, 1.807) is 21.0 Å². The van der Waals surface area contributed by atoms with E-state index >= 15 is 0 Å². The minimum atomic E-state index is -1.60. The van der Waals surface area contributed by atoms with E-state index in [1.807, 2.05) is 27.0 Å². The van der Waals surface area contributed by atoms with Crippen molar-refractivity contribution in [2.45, 2.75) is 253 Å². The zero-order chi connectivity index (χ0) is 54.8. The molecule has 0 aromatic rings. The lowest BCUT2D eigenvalue weighted by Crippen LogP contribution is -2.62. The van der Waals surface area contributed by atoms with Gasteiger partial charge in [0.25, 0.3) is 0 Å². The molecule has 29 atom stereocenters. The average molecular weight is 1100 g/mol. The molecule has 0 radical (unpaired) electrons. The summed E-state index contributed by atoms with van der Waals surface area (Å²) in [6.45, 7) is 11.1. The SMILES string of the molecule is CO[C@@H]1[C@@H](O)[C@H](O[C@H]2CC[C@@]3(C)C(=CC[C@H]4C(=O)O[C@@H]5CO[C@]6(C)OC=C(CC[C@@H]43)[C@H]56)C2)O[C@H](C)[C@H]1O[C@H]1C[C@H](O)[C@H](O[C@H]2C[C@H](OC)[C@H](O[C@H]3C[C@H](OC)[C@H](O[C@@H]4O[C@H](CO)[C@@H](O)[C@H](O)[C@H]4O)[C@H](C)O3)[C@@H](C)O2)[C@@H](C)O1. The van der Waals surface area contributed by atoms with Crippen molar-refractivity contribution in [3.8, 4) is 0 Å². The van der Waals surface area contributed by atoms with E-state index in [1.165, 1.54) is 19.8 Å². The van der Waals surface area contributed by atoms with Crippen LogP contribution in [0.5, 0.6) is 0 Å². The maximum absolute atomic E-state index is 13.8. The summed E-state index contributed by atoms with van der Waals surface area (Å²) in [5.41, 5.74) is 2.16. The second-order valence-electron chi connectivity index (χ2n) is 23.4. The Morgan fingerprint density at radius 2 is 1.27 bits per heavy atom. The number of rotatable bonds is 14. The normalized spacial score (nSPS) is 52.1. The molecular formula is C54H84O23. The van der Waals surface area contributed by atoms with Crippen molar-refractivity contribution in [3.05, 3.63) is 23.5 Å². The number of methoxy groups -OCH3 is 3. The summed E-state index contributed by atoms with van der Waals surface area (Å²) in [5.74, 6) is -1.23. The Morgan fingerprint density at radius 1 is 0.662 bits per heavy atom. The molecule has 77 heavy (non-hydrogen) atoms. The topological polar surface area (TPSA) is 286 Å². The molecule has 438 valence electrons. The maximum Gasteiger partial charge on any atom is 0.309 e. The number of ether oxygens (including phenoxy) is 16. The third kappa shape index (κ3) is 11.3. The van der Waals surface area contributed by atoms with Crippen LogP contribution in [0.3, 0.4) is 0 Å². The number of carbonyl (C=O) groups is 1. The van der Waals surface area contributed by atoms with Crippen molar-refractivity contribution in [3.63, 3.8) is 0 Å². The minimum absolute atomic E-state index is 0.0429. The monoisotopic (exact) mass is 1100 g/mol. The molecule has 0 unspecified atom stereocenters. The van der Waals surface area contributed by atoms with Gasteiger partial charge < -0.3 is 106 Å². The summed E-state index contributed by atoms with van der Waals surface area (Å²) in [6, 6.07) is 0. The molecule has 6 N–H and O–H groups in total. The van der Waals surface area contributed by atoms with Gasteiger partial charge in [-0.05, 0) is 83.1 Å². The molecule has 8 fully saturated rings. The molecule has 0 bridgehead atoms. The molecule has 8 heterocycles. The van der Waals surface area contributed by atoms with Gasteiger partial charge in [0.05, 0.1) is 80.1 Å². The minimum Gasteiger partial charge on any atom is -0.469 e. The van der Waals surface area contributed by atoms with E-state index in [9.17, 15) is 35.4 Å². The fraction of sp³-hybridized carbons (Fsp3) is 0.907. The lowest BCUT2D eigenvalue weighted by atomic mass is 9.55. The van der Waals surface area contributed by atoms with E-state index in [-0.39, 0.29) is 60.6 Å². The van der Waals surface area contributed by atoms with E-state index in [4.69, 9.17) is 75.8 Å². The van der Waals surface area contributed by atoms with Crippen molar-refractivity contribution in [2.24, 2.45) is 23.2 Å². The van der Waals surface area contributed by atoms with Crippen molar-refractivity contribution >= 4 is 5.97 Å². The number of aliphatic hydroxyl groups excluding tert-OH is 6. The molecule has 23 nitrogen and oxygen atoms in total. The fourth-order valence-electron chi connectivity index (χ4n) is 14.3. The highest BCUT2D eigenvalue weighted by Gasteiger charge is 2.59. The van der Waals surface area contributed by atoms with Crippen molar-refractivity contribution in [2.75, 3.05) is 34.5 Å². The van der Waals surface area contributed by atoms with E-state index in [2.05, 4.69) is 13.0 Å². The summed E-state index contributed by atoms with van der Waals surface area (Å²) >= 11 is 0. The first-order valence-corrected chi connectivity index (χ1v) is 27.8. The Balaban J connectivity index is 0.694. The first-order valence-electron chi connectivity index (χ1n) is 27.8.